The maximum atomic E-state index is 12.7. The second kappa shape index (κ2) is 9.00. The van der Waals surface area contributed by atoms with Gasteiger partial charge in [0.15, 0.2) is 5.76 Å². The first-order valence-corrected chi connectivity index (χ1v) is 8.25. The van der Waals surface area contributed by atoms with Gasteiger partial charge in [-0.2, -0.15) is 0 Å². The van der Waals surface area contributed by atoms with Crippen LogP contribution in [-0.4, -0.2) is 67.0 Å². The Kier molecular flexibility index (Phi) is 6.73. The van der Waals surface area contributed by atoms with E-state index in [1.807, 2.05) is 30.3 Å². The Bertz CT molecular complexity index is 760. The molecule has 8 heteroatoms. The summed E-state index contributed by atoms with van der Waals surface area (Å²) in [5.74, 6) is -1.85. The molecule has 0 radical (unpaired) electrons. The molecule has 27 heavy (non-hydrogen) atoms. The number of ketones is 1. The largest absolute Gasteiger partial charge is 0.485 e. The Hall–Kier alpha value is -3.13. The van der Waals surface area contributed by atoms with Crippen molar-refractivity contribution in [3.63, 3.8) is 0 Å². The van der Waals surface area contributed by atoms with Crippen LogP contribution in [0, 0.1) is 0 Å². The number of benzene rings is 1. The predicted molar refractivity (Wildman–Crippen MR) is 97.6 cm³/mol. The lowest BCUT2D eigenvalue weighted by atomic mass is 10.1. The summed E-state index contributed by atoms with van der Waals surface area (Å²) in [4.78, 5) is 38.2. The molecule has 8 nitrogen and oxygen atoms in total. The monoisotopic (exact) mass is 373 g/mol. The number of ether oxygens (including phenoxy) is 2. The van der Waals surface area contributed by atoms with E-state index in [9.17, 15) is 14.4 Å². The van der Waals surface area contributed by atoms with Crippen molar-refractivity contribution in [3.8, 4) is 0 Å². The van der Waals surface area contributed by atoms with Crippen molar-refractivity contribution in [2.75, 3.05) is 34.4 Å². The van der Waals surface area contributed by atoms with Crippen molar-refractivity contribution in [2.24, 2.45) is 0 Å². The summed E-state index contributed by atoms with van der Waals surface area (Å²) in [5.41, 5.74) is 0.596. The third-order valence-electron chi connectivity index (χ3n) is 4.02. The van der Waals surface area contributed by atoms with Gasteiger partial charge in [0.1, 0.15) is 18.7 Å². The molecule has 1 aromatic rings. The first-order valence-electron chi connectivity index (χ1n) is 8.25. The zero-order chi connectivity index (χ0) is 20.0. The van der Waals surface area contributed by atoms with Gasteiger partial charge in [-0.05, 0) is 5.56 Å². The number of carbonyl (C=O) groups is 3. The minimum absolute atomic E-state index is 0.00186. The summed E-state index contributed by atoms with van der Waals surface area (Å²) < 4.78 is 10.1. The third-order valence-corrected chi connectivity index (χ3v) is 4.02. The summed E-state index contributed by atoms with van der Waals surface area (Å²) in [6.45, 7) is 4.09. The number of likely N-dealkylation sites (N-methyl/N-ethyl adjacent to an activating group) is 1. The minimum atomic E-state index is -0.829. The average Bonchev–Trinajstić information content (AvgIpc) is 2.67. The molecule has 1 amide bonds. The maximum absolute atomic E-state index is 12.7. The van der Waals surface area contributed by atoms with E-state index in [2.05, 4.69) is 6.58 Å². The third kappa shape index (κ3) is 5.18. The Morgan fingerprint density at radius 1 is 1.22 bits per heavy atom. The smallest absolute Gasteiger partial charge is 0.343 e. The molecule has 0 unspecified atom stereocenters. The van der Waals surface area contributed by atoms with Gasteiger partial charge in [-0.15, -0.1) is 0 Å². The van der Waals surface area contributed by atoms with Gasteiger partial charge in [0.25, 0.3) is 0 Å². The maximum Gasteiger partial charge on any atom is 0.343 e. The number of hydrogen-bond donors (Lipinski definition) is 0. The fourth-order valence-electron chi connectivity index (χ4n) is 2.41. The quantitative estimate of drug-likeness (QED) is 0.231. The highest BCUT2D eigenvalue weighted by Gasteiger charge is 2.28. The van der Waals surface area contributed by atoms with E-state index in [1.54, 1.807) is 19.1 Å². The summed E-state index contributed by atoms with van der Waals surface area (Å²) in [5, 5.41) is 3.18. The Morgan fingerprint density at radius 2 is 1.89 bits per heavy atom. The molecule has 0 aromatic heterocycles. The standard InChI is InChI=1S/C19H23N3O5/c1-14(27-12-15-8-6-5-7-9-15)18(24)16(19(25)26-4)10-22-11-17(23)20(2)13-21(22)3/h5-10H,1,11-13H2,2-4H3/b16-10+. The molecule has 1 aliphatic heterocycles. The van der Waals surface area contributed by atoms with Gasteiger partial charge in [0.2, 0.25) is 11.7 Å². The molecular formula is C19H23N3O5. The minimum Gasteiger partial charge on any atom is -0.485 e. The molecule has 0 N–H and O–H groups in total. The summed E-state index contributed by atoms with van der Waals surface area (Å²) in [7, 11) is 4.58. The highest BCUT2D eigenvalue weighted by molar-refractivity contribution is 6.22. The lowest BCUT2D eigenvalue weighted by molar-refractivity contribution is -0.149. The van der Waals surface area contributed by atoms with E-state index in [1.165, 1.54) is 23.2 Å². The van der Waals surface area contributed by atoms with Crippen LogP contribution in [0.2, 0.25) is 0 Å². The van der Waals surface area contributed by atoms with E-state index in [-0.39, 0.29) is 30.4 Å². The Balaban J connectivity index is 2.14. The number of rotatable bonds is 7. The van der Waals surface area contributed by atoms with E-state index in [0.29, 0.717) is 6.67 Å². The van der Waals surface area contributed by atoms with Crippen molar-refractivity contribution >= 4 is 17.7 Å². The van der Waals surface area contributed by atoms with E-state index in [4.69, 9.17) is 9.47 Å². The highest BCUT2D eigenvalue weighted by Crippen LogP contribution is 2.15. The normalized spacial score (nSPS) is 15.5. The van der Waals surface area contributed by atoms with E-state index in [0.717, 1.165) is 5.56 Å². The lowest BCUT2D eigenvalue weighted by Crippen LogP contribution is -2.54. The fourth-order valence-corrected chi connectivity index (χ4v) is 2.41. The van der Waals surface area contributed by atoms with Crippen molar-refractivity contribution in [2.45, 2.75) is 6.61 Å². The summed E-state index contributed by atoms with van der Waals surface area (Å²) >= 11 is 0. The van der Waals surface area contributed by atoms with Crippen molar-refractivity contribution < 1.29 is 23.9 Å². The Morgan fingerprint density at radius 3 is 2.52 bits per heavy atom. The fraction of sp³-hybridized carbons (Fsp3) is 0.316. The average molecular weight is 373 g/mol. The van der Waals surface area contributed by atoms with Gasteiger partial charge < -0.3 is 19.4 Å². The molecule has 0 saturated carbocycles. The van der Waals surface area contributed by atoms with Crippen molar-refractivity contribution in [1.29, 1.82) is 0 Å². The molecule has 1 heterocycles. The molecule has 0 aliphatic carbocycles. The van der Waals surface area contributed by atoms with Crippen LogP contribution in [0.4, 0.5) is 0 Å². The first kappa shape index (κ1) is 20.2. The first-order chi connectivity index (χ1) is 12.8. The number of carbonyl (C=O) groups excluding carboxylic acids is 3. The molecule has 0 atom stereocenters. The number of allylic oxidation sites excluding steroid dienone is 1. The van der Waals surface area contributed by atoms with Gasteiger partial charge in [0.05, 0.1) is 13.8 Å². The number of Topliss-reactive ketones (excluding diaryl/α,β-unsaturated/α-hetero) is 1. The molecule has 0 bridgehead atoms. The zero-order valence-electron chi connectivity index (χ0n) is 15.7. The number of methoxy groups -OCH3 is 1. The molecule has 1 aromatic carbocycles. The molecule has 0 spiro atoms. The number of amides is 1. The SMILES string of the molecule is C=C(OCc1ccccc1)C(=O)/C(=C\N1CC(=O)N(C)CN1C)C(=O)OC. The predicted octanol–water partition coefficient (Wildman–Crippen LogP) is 0.921. The summed E-state index contributed by atoms with van der Waals surface area (Å²) in [6.07, 6.45) is 1.29. The van der Waals surface area contributed by atoms with Crippen LogP contribution in [0.3, 0.4) is 0 Å². The molecule has 2 rings (SSSR count). The van der Waals surface area contributed by atoms with Gasteiger partial charge in [0, 0.05) is 20.3 Å². The van der Waals surface area contributed by atoms with Crippen molar-refractivity contribution in [1.82, 2.24) is 14.9 Å². The molecular weight excluding hydrogens is 350 g/mol. The van der Waals surface area contributed by atoms with Crippen LogP contribution >= 0.6 is 0 Å². The van der Waals surface area contributed by atoms with Crippen LogP contribution in [0.25, 0.3) is 0 Å². The van der Waals surface area contributed by atoms with Crippen molar-refractivity contribution in [3.05, 3.63) is 60.0 Å². The van der Waals surface area contributed by atoms with E-state index < -0.39 is 11.8 Å². The van der Waals surface area contributed by atoms with Gasteiger partial charge >= 0.3 is 5.97 Å². The number of hydrogen-bond acceptors (Lipinski definition) is 7. The van der Waals surface area contributed by atoms with Gasteiger partial charge in [-0.3, -0.25) is 9.59 Å². The highest BCUT2D eigenvalue weighted by atomic mass is 16.5. The number of esters is 1. The zero-order valence-corrected chi connectivity index (χ0v) is 15.7. The molecule has 144 valence electrons. The number of nitrogens with zero attached hydrogens (tertiary/aromatic N) is 3. The van der Waals surface area contributed by atoms with Crippen LogP contribution in [0.15, 0.2) is 54.4 Å². The van der Waals surface area contributed by atoms with Gasteiger partial charge in [-0.25, -0.2) is 9.80 Å². The van der Waals surface area contributed by atoms with E-state index >= 15 is 0 Å². The van der Waals surface area contributed by atoms with Crippen LogP contribution in [0.5, 0.6) is 0 Å². The second-order valence-corrected chi connectivity index (χ2v) is 6.05. The van der Waals surface area contributed by atoms with Crippen LogP contribution in [0.1, 0.15) is 5.56 Å². The van der Waals surface area contributed by atoms with Gasteiger partial charge in [-0.1, -0.05) is 36.9 Å². The van der Waals surface area contributed by atoms with Crippen LogP contribution in [-0.2, 0) is 30.5 Å². The topological polar surface area (TPSA) is 79.4 Å². The molecule has 1 fully saturated rings. The second-order valence-electron chi connectivity index (χ2n) is 6.05. The summed E-state index contributed by atoms with van der Waals surface area (Å²) in [6, 6.07) is 9.27. The molecule has 1 aliphatic rings. The lowest BCUT2D eigenvalue weighted by Gasteiger charge is -2.39. The Labute approximate surface area is 158 Å². The number of hydrazine groups is 1. The molecule has 1 saturated heterocycles. The van der Waals surface area contributed by atoms with Crippen LogP contribution < -0.4 is 0 Å².